The van der Waals surface area contributed by atoms with Crippen molar-refractivity contribution in [2.75, 3.05) is 0 Å². The van der Waals surface area contributed by atoms with Crippen LogP contribution in [0.3, 0.4) is 0 Å². The number of rotatable bonds is 4. The van der Waals surface area contributed by atoms with Crippen LogP contribution in [0.1, 0.15) is 17.2 Å². The summed E-state index contributed by atoms with van der Waals surface area (Å²) in [5.74, 6) is -0.290. The second-order valence-electron chi connectivity index (χ2n) is 5.37. The van der Waals surface area contributed by atoms with Gasteiger partial charge >= 0.3 is 0 Å². The van der Waals surface area contributed by atoms with Crippen molar-refractivity contribution in [1.29, 1.82) is 0 Å². The smallest absolute Gasteiger partial charge is 0.144 e. The molecule has 1 fully saturated rings. The maximum absolute atomic E-state index is 13.3. The molecule has 2 aromatic heterocycles. The van der Waals surface area contributed by atoms with E-state index in [1.54, 1.807) is 29.3 Å². The lowest BCUT2D eigenvalue weighted by atomic mass is 9.92. The van der Waals surface area contributed by atoms with E-state index in [0.717, 1.165) is 11.1 Å². The van der Waals surface area contributed by atoms with Gasteiger partial charge in [-0.1, -0.05) is 29.8 Å². The lowest BCUT2D eigenvalue weighted by Crippen LogP contribution is -2.19. The Morgan fingerprint density at radius 3 is 2.78 bits per heavy atom. The van der Waals surface area contributed by atoms with Crippen molar-refractivity contribution >= 4 is 11.6 Å². The van der Waals surface area contributed by atoms with Crippen molar-refractivity contribution in [1.82, 2.24) is 19.7 Å². The van der Waals surface area contributed by atoms with Crippen LogP contribution in [0.25, 0.3) is 0 Å². The van der Waals surface area contributed by atoms with Gasteiger partial charge in [-0.05, 0) is 23.8 Å². The number of hydrogen-bond acceptors (Lipinski definition) is 4. The van der Waals surface area contributed by atoms with Gasteiger partial charge in [-0.3, -0.25) is 0 Å². The molecule has 116 valence electrons. The fourth-order valence-corrected chi connectivity index (χ4v) is 3.02. The van der Waals surface area contributed by atoms with Gasteiger partial charge in [0.15, 0.2) is 0 Å². The Labute approximate surface area is 136 Å². The number of epoxide rings is 1. The Bertz CT molecular complexity index is 824. The fraction of sp³-hybridized carbons (Fsp3) is 0.188. The molecule has 0 N–H and O–H groups in total. The lowest BCUT2D eigenvalue weighted by Gasteiger charge is -2.14. The molecule has 0 aliphatic carbocycles. The van der Waals surface area contributed by atoms with E-state index in [0.29, 0.717) is 11.7 Å². The Morgan fingerprint density at radius 1 is 1.26 bits per heavy atom. The predicted octanol–water partition coefficient (Wildman–Crippen LogP) is 3.13. The Balaban J connectivity index is 1.74. The molecule has 1 aliphatic heterocycles. The average Bonchev–Trinajstić information content (AvgIpc) is 3.02. The number of pyridine rings is 1. The maximum Gasteiger partial charge on any atom is 0.144 e. The number of benzene rings is 1. The van der Waals surface area contributed by atoms with E-state index >= 15 is 0 Å². The SMILES string of the molecule is Fc1ccc([C@]2(Cn3cncn3)O[C@H]2c2cccnc2Cl)cc1. The van der Waals surface area contributed by atoms with Crippen LogP contribution in [0.4, 0.5) is 4.39 Å². The molecule has 0 bridgehead atoms. The average molecular weight is 331 g/mol. The molecule has 0 radical (unpaired) electrons. The number of nitrogens with zero attached hydrogens (tertiary/aromatic N) is 4. The summed E-state index contributed by atoms with van der Waals surface area (Å²) >= 11 is 6.20. The molecule has 3 heterocycles. The number of aromatic nitrogens is 4. The zero-order valence-electron chi connectivity index (χ0n) is 11.9. The number of ether oxygens (including phenoxy) is 1. The van der Waals surface area contributed by atoms with E-state index in [1.165, 1.54) is 18.5 Å². The largest absolute Gasteiger partial charge is 0.354 e. The summed E-state index contributed by atoms with van der Waals surface area (Å²) in [4.78, 5) is 8.06. The van der Waals surface area contributed by atoms with Crippen LogP contribution in [0, 0.1) is 5.82 Å². The summed E-state index contributed by atoms with van der Waals surface area (Å²) in [6.45, 7) is 0.453. The molecule has 1 saturated heterocycles. The molecule has 4 rings (SSSR count). The van der Waals surface area contributed by atoms with Crippen molar-refractivity contribution < 1.29 is 9.13 Å². The Hall–Kier alpha value is -2.31. The van der Waals surface area contributed by atoms with Crippen LogP contribution < -0.4 is 0 Å². The first kappa shape index (κ1) is 14.3. The minimum Gasteiger partial charge on any atom is -0.354 e. The monoisotopic (exact) mass is 330 g/mol. The van der Waals surface area contributed by atoms with Gasteiger partial charge < -0.3 is 4.74 Å². The van der Waals surface area contributed by atoms with Crippen molar-refractivity contribution in [3.8, 4) is 0 Å². The quantitative estimate of drug-likeness (QED) is 0.545. The molecule has 2 atom stereocenters. The van der Waals surface area contributed by atoms with E-state index < -0.39 is 5.60 Å². The first-order valence-electron chi connectivity index (χ1n) is 7.06. The van der Waals surface area contributed by atoms with Crippen LogP contribution in [0.2, 0.25) is 5.15 Å². The first-order chi connectivity index (χ1) is 11.2. The third kappa shape index (κ3) is 2.50. The molecule has 1 aromatic carbocycles. The zero-order valence-corrected chi connectivity index (χ0v) is 12.7. The van der Waals surface area contributed by atoms with Crippen LogP contribution in [0.15, 0.2) is 55.2 Å². The molecule has 0 saturated carbocycles. The van der Waals surface area contributed by atoms with Gasteiger partial charge in [0.1, 0.15) is 35.3 Å². The van der Waals surface area contributed by atoms with Crippen molar-refractivity contribution in [2.45, 2.75) is 18.2 Å². The second kappa shape index (κ2) is 5.40. The van der Waals surface area contributed by atoms with E-state index in [4.69, 9.17) is 16.3 Å². The molecule has 23 heavy (non-hydrogen) atoms. The molecule has 5 nitrogen and oxygen atoms in total. The number of halogens is 2. The maximum atomic E-state index is 13.3. The highest BCUT2D eigenvalue weighted by Crippen LogP contribution is 2.58. The van der Waals surface area contributed by atoms with E-state index in [9.17, 15) is 4.39 Å². The van der Waals surface area contributed by atoms with Gasteiger partial charge in [0.2, 0.25) is 0 Å². The molecule has 3 aromatic rings. The highest BCUT2D eigenvalue weighted by Gasteiger charge is 2.59. The Morgan fingerprint density at radius 2 is 2.09 bits per heavy atom. The Kier molecular flexibility index (Phi) is 3.36. The highest BCUT2D eigenvalue weighted by molar-refractivity contribution is 6.30. The highest BCUT2D eigenvalue weighted by atomic mass is 35.5. The normalized spacial score (nSPS) is 23.0. The minimum atomic E-state index is -0.659. The van der Waals surface area contributed by atoms with Crippen molar-refractivity contribution in [2.24, 2.45) is 0 Å². The fourth-order valence-electron chi connectivity index (χ4n) is 2.80. The number of hydrogen-bond donors (Lipinski definition) is 0. The summed E-state index contributed by atoms with van der Waals surface area (Å²) < 4.78 is 21.0. The summed E-state index contributed by atoms with van der Waals surface area (Å²) in [7, 11) is 0. The molecule has 7 heteroatoms. The van der Waals surface area contributed by atoms with E-state index in [-0.39, 0.29) is 11.9 Å². The summed E-state index contributed by atoms with van der Waals surface area (Å²) in [5.41, 5.74) is 1.01. The van der Waals surface area contributed by atoms with Crippen LogP contribution >= 0.6 is 11.6 Å². The summed E-state index contributed by atoms with van der Waals surface area (Å²) in [6.07, 6.45) is 4.45. The van der Waals surface area contributed by atoms with Gasteiger partial charge in [0, 0.05) is 11.8 Å². The molecule has 0 unspecified atom stereocenters. The molecule has 1 aliphatic rings. The first-order valence-corrected chi connectivity index (χ1v) is 7.43. The summed E-state index contributed by atoms with van der Waals surface area (Å²) in [5, 5.41) is 4.54. The van der Waals surface area contributed by atoms with Crippen LogP contribution in [0.5, 0.6) is 0 Å². The molecular weight excluding hydrogens is 319 g/mol. The van der Waals surface area contributed by atoms with Gasteiger partial charge in [0.05, 0.1) is 6.54 Å². The van der Waals surface area contributed by atoms with Crippen LogP contribution in [-0.2, 0) is 16.9 Å². The minimum absolute atomic E-state index is 0.265. The molecule has 0 amide bonds. The summed E-state index contributed by atoms with van der Waals surface area (Å²) in [6, 6.07) is 9.97. The second-order valence-corrected chi connectivity index (χ2v) is 5.73. The molecule has 0 spiro atoms. The van der Waals surface area contributed by atoms with Gasteiger partial charge in [-0.25, -0.2) is 19.0 Å². The third-order valence-corrected chi connectivity index (χ3v) is 4.28. The van der Waals surface area contributed by atoms with Gasteiger partial charge in [-0.2, -0.15) is 5.10 Å². The van der Waals surface area contributed by atoms with E-state index in [1.807, 2.05) is 12.1 Å². The third-order valence-electron chi connectivity index (χ3n) is 3.96. The standard InChI is InChI=1S/C16H12ClFN4O/c17-15-13(2-1-7-20-15)14-16(23-14,8-22-10-19-9-21-22)11-3-5-12(18)6-4-11/h1-7,9-10,14H,8H2/t14-,16-/m0/s1. The lowest BCUT2D eigenvalue weighted by molar-refractivity contribution is 0.262. The predicted molar refractivity (Wildman–Crippen MR) is 81.2 cm³/mol. The van der Waals surface area contributed by atoms with E-state index in [2.05, 4.69) is 15.1 Å². The topological polar surface area (TPSA) is 56.1 Å². The van der Waals surface area contributed by atoms with Gasteiger partial charge in [0.25, 0.3) is 0 Å². The molecular formula is C16H12ClFN4O. The van der Waals surface area contributed by atoms with Crippen LogP contribution in [-0.4, -0.2) is 19.7 Å². The van der Waals surface area contributed by atoms with Gasteiger partial charge in [-0.15, -0.1) is 0 Å². The van der Waals surface area contributed by atoms with Crippen molar-refractivity contribution in [3.63, 3.8) is 0 Å². The van der Waals surface area contributed by atoms with Crippen molar-refractivity contribution in [3.05, 3.63) is 77.3 Å². The zero-order chi connectivity index (χ0) is 15.9.